The summed E-state index contributed by atoms with van der Waals surface area (Å²) < 4.78 is 33.7. The van der Waals surface area contributed by atoms with Gasteiger partial charge in [-0.2, -0.15) is 5.10 Å². The van der Waals surface area contributed by atoms with Gasteiger partial charge in [0.05, 0.1) is 5.69 Å². The molecule has 0 saturated heterocycles. The van der Waals surface area contributed by atoms with Crippen molar-refractivity contribution in [3.63, 3.8) is 0 Å². The molecular formula is C17H14F2N2O2. The SMILES string of the molecule is OC(COc1cccc(-n2cccn2)c1)c1ccc(F)cc1F. The van der Waals surface area contributed by atoms with Crippen LogP contribution in [0.5, 0.6) is 5.75 Å². The molecule has 118 valence electrons. The van der Waals surface area contributed by atoms with E-state index in [0.717, 1.165) is 17.8 Å². The second-order valence-electron chi connectivity index (χ2n) is 4.94. The summed E-state index contributed by atoms with van der Waals surface area (Å²) in [5, 5.41) is 14.1. The first kappa shape index (κ1) is 15.2. The predicted molar refractivity (Wildman–Crippen MR) is 80.4 cm³/mol. The Balaban J connectivity index is 1.69. The maximum absolute atomic E-state index is 13.6. The fourth-order valence-corrected chi connectivity index (χ4v) is 2.17. The molecule has 0 fully saturated rings. The van der Waals surface area contributed by atoms with Crippen molar-refractivity contribution < 1.29 is 18.6 Å². The molecule has 0 saturated carbocycles. The first-order valence-electron chi connectivity index (χ1n) is 6.99. The molecule has 3 aromatic rings. The van der Waals surface area contributed by atoms with Gasteiger partial charge in [0.2, 0.25) is 0 Å². The smallest absolute Gasteiger partial charge is 0.132 e. The molecule has 1 aromatic heterocycles. The summed E-state index contributed by atoms with van der Waals surface area (Å²) in [6, 6.07) is 12.0. The molecule has 0 aliphatic carbocycles. The topological polar surface area (TPSA) is 47.3 Å². The molecule has 1 heterocycles. The zero-order chi connectivity index (χ0) is 16.2. The summed E-state index contributed by atoms with van der Waals surface area (Å²) in [5.74, 6) is -0.975. The van der Waals surface area contributed by atoms with Crippen molar-refractivity contribution >= 4 is 0 Å². The number of rotatable bonds is 5. The van der Waals surface area contributed by atoms with Crippen LogP contribution < -0.4 is 4.74 Å². The standard InChI is InChI=1S/C17H14F2N2O2/c18-12-5-6-15(16(19)9-12)17(22)11-23-14-4-1-3-13(10-14)21-8-2-7-20-21/h1-10,17,22H,11H2. The van der Waals surface area contributed by atoms with Gasteiger partial charge in [-0.3, -0.25) is 0 Å². The predicted octanol–water partition coefficient (Wildman–Crippen LogP) is 3.26. The van der Waals surface area contributed by atoms with E-state index < -0.39 is 17.7 Å². The molecule has 1 atom stereocenters. The zero-order valence-corrected chi connectivity index (χ0v) is 12.1. The van der Waals surface area contributed by atoms with Gasteiger partial charge in [0.15, 0.2) is 0 Å². The lowest BCUT2D eigenvalue weighted by Crippen LogP contribution is -2.11. The first-order valence-corrected chi connectivity index (χ1v) is 6.99. The lowest BCUT2D eigenvalue weighted by atomic mass is 10.1. The number of ether oxygens (including phenoxy) is 1. The van der Waals surface area contributed by atoms with Crippen molar-refractivity contribution in [2.75, 3.05) is 6.61 Å². The first-order chi connectivity index (χ1) is 11.1. The molecular weight excluding hydrogens is 302 g/mol. The van der Waals surface area contributed by atoms with Crippen LogP contribution in [0.2, 0.25) is 0 Å². The van der Waals surface area contributed by atoms with Crippen LogP contribution in [0.25, 0.3) is 5.69 Å². The van der Waals surface area contributed by atoms with Crippen LogP contribution in [0.1, 0.15) is 11.7 Å². The molecule has 1 N–H and O–H groups in total. The van der Waals surface area contributed by atoms with Gasteiger partial charge < -0.3 is 9.84 Å². The number of aromatic nitrogens is 2. The van der Waals surface area contributed by atoms with E-state index in [1.807, 2.05) is 6.07 Å². The largest absolute Gasteiger partial charge is 0.490 e. The summed E-state index contributed by atoms with van der Waals surface area (Å²) in [6.07, 6.45) is 2.26. The quantitative estimate of drug-likeness (QED) is 0.786. The minimum Gasteiger partial charge on any atom is -0.490 e. The van der Waals surface area contributed by atoms with E-state index in [9.17, 15) is 13.9 Å². The zero-order valence-electron chi connectivity index (χ0n) is 12.1. The Morgan fingerprint density at radius 2 is 2.00 bits per heavy atom. The molecule has 0 aliphatic heterocycles. The highest BCUT2D eigenvalue weighted by Gasteiger charge is 2.14. The van der Waals surface area contributed by atoms with E-state index >= 15 is 0 Å². The van der Waals surface area contributed by atoms with Crippen LogP contribution in [0, 0.1) is 11.6 Å². The van der Waals surface area contributed by atoms with Gasteiger partial charge in [0.1, 0.15) is 30.1 Å². The molecule has 3 rings (SSSR count). The van der Waals surface area contributed by atoms with E-state index in [4.69, 9.17) is 4.74 Å². The normalized spacial score (nSPS) is 12.1. The molecule has 0 amide bonds. The van der Waals surface area contributed by atoms with Crippen LogP contribution in [-0.4, -0.2) is 21.5 Å². The average molecular weight is 316 g/mol. The fourth-order valence-electron chi connectivity index (χ4n) is 2.17. The lowest BCUT2D eigenvalue weighted by Gasteiger charge is -2.14. The van der Waals surface area contributed by atoms with Crippen LogP contribution in [0.3, 0.4) is 0 Å². The van der Waals surface area contributed by atoms with Crippen molar-refractivity contribution in [2.45, 2.75) is 6.10 Å². The molecule has 0 radical (unpaired) electrons. The van der Waals surface area contributed by atoms with Gasteiger partial charge >= 0.3 is 0 Å². The monoisotopic (exact) mass is 316 g/mol. The number of halogens is 2. The van der Waals surface area contributed by atoms with E-state index in [-0.39, 0.29) is 12.2 Å². The number of aliphatic hydroxyl groups is 1. The van der Waals surface area contributed by atoms with E-state index in [1.165, 1.54) is 6.07 Å². The van der Waals surface area contributed by atoms with Gasteiger partial charge in [0, 0.05) is 30.1 Å². The molecule has 0 aliphatic rings. The maximum Gasteiger partial charge on any atom is 0.132 e. The van der Waals surface area contributed by atoms with E-state index in [1.54, 1.807) is 41.3 Å². The Kier molecular flexibility index (Phi) is 4.34. The average Bonchev–Trinajstić information content (AvgIpc) is 3.07. The molecule has 4 nitrogen and oxygen atoms in total. The second kappa shape index (κ2) is 6.58. The molecule has 0 spiro atoms. The highest BCUT2D eigenvalue weighted by Crippen LogP contribution is 2.21. The van der Waals surface area contributed by atoms with Crippen molar-refractivity contribution in [3.8, 4) is 11.4 Å². The number of hydrogen-bond acceptors (Lipinski definition) is 3. The fraction of sp³-hybridized carbons (Fsp3) is 0.118. The number of benzene rings is 2. The minimum absolute atomic E-state index is 0.00497. The number of aliphatic hydroxyl groups excluding tert-OH is 1. The van der Waals surface area contributed by atoms with Crippen molar-refractivity contribution in [2.24, 2.45) is 0 Å². The van der Waals surface area contributed by atoms with Crippen LogP contribution in [0.4, 0.5) is 8.78 Å². The maximum atomic E-state index is 13.6. The molecule has 1 unspecified atom stereocenters. The Morgan fingerprint density at radius 3 is 2.74 bits per heavy atom. The minimum atomic E-state index is -1.19. The van der Waals surface area contributed by atoms with Gasteiger partial charge in [-0.05, 0) is 24.3 Å². The summed E-state index contributed by atoms with van der Waals surface area (Å²) >= 11 is 0. The van der Waals surface area contributed by atoms with E-state index in [0.29, 0.717) is 5.75 Å². The number of hydrogen-bond donors (Lipinski definition) is 1. The van der Waals surface area contributed by atoms with Gasteiger partial charge in [0.25, 0.3) is 0 Å². The third-order valence-electron chi connectivity index (χ3n) is 3.32. The molecule has 0 bridgehead atoms. The number of nitrogens with zero attached hydrogens (tertiary/aromatic N) is 2. The highest BCUT2D eigenvalue weighted by molar-refractivity contribution is 5.38. The summed E-state index contributed by atoms with van der Waals surface area (Å²) in [5.41, 5.74) is 0.796. The molecule has 23 heavy (non-hydrogen) atoms. The van der Waals surface area contributed by atoms with Gasteiger partial charge in [-0.15, -0.1) is 0 Å². The van der Waals surface area contributed by atoms with Gasteiger partial charge in [-0.1, -0.05) is 12.1 Å². The van der Waals surface area contributed by atoms with Crippen molar-refractivity contribution in [3.05, 3.63) is 78.1 Å². The molecule has 2 aromatic carbocycles. The third kappa shape index (κ3) is 3.54. The Hall–Kier alpha value is -2.73. The van der Waals surface area contributed by atoms with Crippen molar-refractivity contribution in [1.29, 1.82) is 0 Å². The Labute approximate surface area is 131 Å². The second-order valence-corrected chi connectivity index (χ2v) is 4.94. The third-order valence-corrected chi connectivity index (χ3v) is 3.32. The Bertz CT molecular complexity index is 791. The summed E-state index contributed by atoms with van der Waals surface area (Å²) in [6.45, 7) is -0.148. The van der Waals surface area contributed by atoms with Crippen LogP contribution >= 0.6 is 0 Å². The summed E-state index contributed by atoms with van der Waals surface area (Å²) in [7, 11) is 0. The van der Waals surface area contributed by atoms with Crippen LogP contribution in [-0.2, 0) is 0 Å². The summed E-state index contributed by atoms with van der Waals surface area (Å²) in [4.78, 5) is 0. The lowest BCUT2D eigenvalue weighted by molar-refractivity contribution is 0.105. The molecule has 6 heteroatoms. The Morgan fingerprint density at radius 1 is 1.13 bits per heavy atom. The van der Waals surface area contributed by atoms with Gasteiger partial charge in [-0.25, -0.2) is 13.5 Å². The van der Waals surface area contributed by atoms with Crippen molar-refractivity contribution in [1.82, 2.24) is 9.78 Å². The van der Waals surface area contributed by atoms with Crippen LogP contribution in [0.15, 0.2) is 60.9 Å². The highest BCUT2D eigenvalue weighted by atomic mass is 19.1. The van der Waals surface area contributed by atoms with E-state index in [2.05, 4.69) is 5.10 Å².